The molecule has 1 aliphatic heterocycles. The number of hydrogen-bond acceptors (Lipinski definition) is 4. The lowest BCUT2D eigenvalue weighted by Gasteiger charge is -2.23. The third kappa shape index (κ3) is 9.33. The fraction of sp³-hybridized carbons (Fsp3) is 0.600. The molecule has 2 atom stereocenters. The Morgan fingerprint density at radius 2 is 2.00 bits per heavy atom. The smallest absolute Gasteiger partial charge is 0.407 e. The first-order valence-electron chi connectivity index (χ1n) is 9.74. The highest BCUT2D eigenvalue weighted by Gasteiger charge is 2.27. The van der Waals surface area contributed by atoms with Crippen LogP contribution in [-0.2, 0) is 15.5 Å². The van der Waals surface area contributed by atoms with Crippen molar-refractivity contribution >= 4 is 46.8 Å². The van der Waals surface area contributed by atoms with Crippen LogP contribution in [0.2, 0.25) is 0 Å². The van der Waals surface area contributed by atoms with Gasteiger partial charge in [-0.05, 0) is 46.2 Å². The molecule has 1 aromatic rings. The Morgan fingerprint density at radius 3 is 2.62 bits per heavy atom. The Labute approximate surface area is 193 Å². The van der Waals surface area contributed by atoms with Crippen LogP contribution in [0.5, 0.6) is 0 Å². The maximum atomic E-state index is 12.3. The predicted octanol–water partition coefficient (Wildman–Crippen LogP) is 2.98. The molecule has 0 spiro atoms. The second-order valence-corrected chi connectivity index (χ2v) is 9.25. The number of nitrogens with one attached hydrogen (secondary N) is 2. The normalized spacial score (nSPS) is 18.0. The maximum Gasteiger partial charge on any atom is 0.407 e. The number of amides is 1. The molecule has 9 heteroatoms. The summed E-state index contributed by atoms with van der Waals surface area (Å²) in [5.41, 5.74) is -0.507. The molecule has 164 valence electrons. The number of benzene rings is 1. The van der Waals surface area contributed by atoms with Gasteiger partial charge in [0.05, 0.1) is 23.4 Å². The average molecular weight is 536 g/mol. The van der Waals surface area contributed by atoms with Crippen molar-refractivity contribution in [1.29, 1.82) is 0 Å². The molecule has 1 fully saturated rings. The highest BCUT2D eigenvalue weighted by molar-refractivity contribution is 14.0. The number of carbonyl (C=O) groups excluding carboxylic acids is 1. The molecule has 1 aliphatic rings. The van der Waals surface area contributed by atoms with Crippen molar-refractivity contribution in [3.05, 3.63) is 30.3 Å². The largest absolute Gasteiger partial charge is 0.444 e. The van der Waals surface area contributed by atoms with Crippen LogP contribution in [0, 0.1) is 0 Å². The van der Waals surface area contributed by atoms with E-state index in [1.165, 1.54) is 0 Å². The van der Waals surface area contributed by atoms with E-state index in [0.29, 0.717) is 18.8 Å². The second-order valence-electron chi connectivity index (χ2n) is 7.68. The molecule has 7 nitrogen and oxygen atoms in total. The summed E-state index contributed by atoms with van der Waals surface area (Å²) in [6.45, 7) is 10.3. The minimum absolute atomic E-state index is 0. The van der Waals surface area contributed by atoms with Gasteiger partial charge < -0.3 is 20.3 Å². The summed E-state index contributed by atoms with van der Waals surface area (Å²) in [7, 11) is -1.06. The van der Waals surface area contributed by atoms with Crippen LogP contribution in [-0.4, -0.2) is 64.7 Å². The van der Waals surface area contributed by atoms with Crippen molar-refractivity contribution < 1.29 is 13.7 Å². The minimum atomic E-state index is -1.06. The third-order valence-electron chi connectivity index (χ3n) is 4.09. The first-order valence-corrected chi connectivity index (χ1v) is 11.1. The molecule has 2 unspecified atom stereocenters. The Morgan fingerprint density at radius 1 is 1.31 bits per heavy atom. The second kappa shape index (κ2) is 12.4. The standard InChI is InChI=1S/C20H32N4O3S.HI/c1-5-21-18(22-12-14-28(26)17-9-7-6-8-10-17)24-13-11-16(15-24)23-19(25)27-20(2,3)4;/h6-10,16H,5,11-15H2,1-4H3,(H,21,22)(H,23,25);1H. The first kappa shape index (κ1) is 25.7. The number of hydrogen-bond donors (Lipinski definition) is 2. The number of guanidine groups is 1. The number of carbonyl (C=O) groups is 1. The van der Waals surface area contributed by atoms with Crippen molar-refractivity contribution in [1.82, 2.24) is 15.5 Å². The summed E-state index contributed by atoms with van der Waals surface area (Å²) in [6, 6.07) is 9.47. The van der Waals surface area contributed by atoms with Crippen LogP contribution in [0.3, 0.4) is 0 Å². The van der Waals surface area contributed by atoms with Crippen LogP contribution < -0.4 is 10.6 Å². The molecule has 0 aromatic heterocycles. The summed E-state index contributed by atoms with van der Waals surface area (Å²) in [5, 5.41) is 6.21. The van der Waals surface area contributed by atoms with Gasteiger partial charge in [-0.15, -0.1) is 24.0 Å². The molecular weight excluding hydrogens is 503 g/mol. The molecule has 0 aliphatic carbocycles. The van der Waals surface area contributed by atoms with Gasteiger partial charge in [-0.3, -0.25) is 9.20 Å². The van der Waals surface area contributed by atoms with E-state index >= 15 is 0 Å². The van der Waals surface area contributed by atoms with Crippen LogP contribution in [0.15, 0.2) is 40.2 Å². The van der Waals surface area contributed by atoms with Gasteiger partial charge in [0.25, 0.3) is 0 Å². The number of likely N-dealkylation sites (tertiary alicyclic amines) is 1. The Balaban J connectivity index is 0.00000420. The Hall–Kier alpha value is -1.36. The fourth-order valence-corrected chi connectivity index (χ4v) is 3.85. The van der Waals surface area contributed by atoms with Crippen LogP contribution >= 0.6 is 24.0 Å². The van der Waals surface area contributed by atoms with Crippen molar-refractivity contribution in [3.8, 4) is 0 Å². The van der Waals surface area contributed by atoms with E-state index in [4.69, 9.17) is 4.74 Å². The summed E-state index contributed by atoms with van der Waals surface area (Å²) in [4.78, 5) is 19.5. The number of nitrogens with zero attached hydrogens (tertiary/aromatic N) is 2. The van der Waals surface area contributed by atoms with Gasteiger partial charge in [-0.25, -0.2) is 4.79 Å². The molecule has 29 heavy (non-hydrogen) atoms. The first-order chi connectivity index (χ1) is 13.3. The van der Waals surface area contributed by atoms with E-state index in [1.807, 2.05) is 58.0 Å². The van der Waals surface area contributed by atoms with Crippen molar-refractivity contribution in [2.45, 2.75) is 50.7 Å². The zero-order valence-corrected chi connectivity index (χ0v) is 20.8. The van der Waals surface area contributed by atoms with E-state index in [1.54, 1.807) is 0 Å². The maximum absolute atomic E-state index is 12.3. The van der Waals surface area contributed by atoms with Crippen LogP contribution in [0.1, 0.15) is 34.1 Å². The Bertz CT molecular complexity index is 695. The van der Waals surface area contributed by atoms with Gasteiger partial charge in [0.2, 0.25) is 0 Å². The number of rotatable bonds is 6. The lowest BCUT2D eigenvalue weighted by Crippen LogP contribution is -2.44. The van der Waals surface area contributed by atoms with Gasteiger partial charge >= 0.3 is 6.09 Å². The molecule has 1 aromatic carbocycles. The summed E-state index contributed by atoms with van der Waals surface area (Å²) in [5.74, 6) is 1.27. The SMILES string of the molecule is CCNC(=NCCS(=O)c1ccccc1)N1CCC(NC(=O)OC(C)(C)C)C1.I. The van der Waals surface area contributed by atoms with Gasteiger partial charge in [-0.1, -0.05) is 18.2 Å². The molecular formula is C20H33IN4O3S. The zero-order valence-electron chi connectivity index (χ0n) is 17.6. The topological polar surface area (TPSA) is 83.0 Å². The molecule has 1 heterocycles. The van der Waals surface area contributed by atoms with E-state index in [0.717, 1.165) is 30.4 Å². The zero-order chi connectivity index (χ0) is 20.6. The number of aliphatic imine (C=N–C) groups is 1. The van der Waals surface area contributed by atoms with Crippen LogP contribution in [0.4, 0.5) is 4.79 Å². The van der Waals surface area contributed by atoms with E-state index in [9.17, 15) is 9.00 Å². The number of alkyl carbamates (subject to hydrolysis) is 1. The third-order valence-corrected chi connectivity index (χ3v) is 5.44. The molecule has 0 saturated carbocycles. The molecule has 2 rings (SSSR count). The highest BCUT2D eigenvalue weighted by atomic mass is 127. The van der Waals surface area contributed by atoms with Gasteiger partial charge in [0.15, 0.2) is 5.96 Å². The molecule has 1 saturated heterocycles. The monoisotopic (exact) mass is 536 g/mol. The number of ether oxygens (including phenoxy) is 1. The van der Waals surface area contributed by atoms with E-state index in [-0.39, 0.29) is 36.1 Å². The molecule has 0 bridgehead atoms. The van der Waals surface area contributed by atoms with Gasteiger partial charge in [-0.2, -0.15) is 0 Å². The van der Waals surface area contributed by atoms with Crippen LogP contribution in [0.25, 0.3) is 0 Å². The van der Waals surface area contributed by atoms with Gasteiger partial charge in [0, 0.05) is 30.3 Å². The molecule has 0 radical (unpaired) electrons. The minimum Gasteiger partial charge on any atom is -0.444 e. The Kier molecular flexibility index (Phi) is 10.9. The predicted molar refractivity (Wildman–Crippen MR) is 128 cm³/mol. The van der Waals surface area contributed by atoms with Crippen molar-refractivity contribution in [2.24, 2.45) is 4.99 Å². The quantitative estimate of drug-likeness (QED) is 0.332. The van der Waals surface area contributed by atoms with E-state index in [2.05, 4.69) is 20.5 Å². The number of halogens is 1. The van der Waals surface area contributed by atoms with Crippen molar-refractivity contribution in [2.75, 3.05) is 31.9 Å². The highest BCUT2D eigenvalue weighted by Crippen LogP contribution is 2.12. The lowest BCUT2D eigenvalue weighted by atomic mass is 10.2. The van der Waals surface area contributed by atoms with E-state index < -0.39 is 16.4 Å². The average Bonchev–Trinajstić information content (AvgIpc) is 3.08. The van der Waals surface area contributed by atoms with Gasteiger partial charge in [0.1, 0.15) is 5.60 Å². The summed E-state index contributed by atoms with van der Waals surface area (Å²) >= 11 is 0. The van der Waals surface area contributed by atoms with Crippen molar-refractivity contribution in [3.63, 3.8) is 0 Å². The molecule has 2 N–H and O–H groups in total. The fourth-order valence-electron chi connectivity index (χ4n) is 2.90. The molecule has 1 amide bonds. The lowest BCUT2D eigenvalue weighted by molar-refractivity contribution is 0.0507. The summed E-state index contributed by atoms with van der Waals surface area (Å²) < 4.78 is 17.7. The summed E-state index contributed by atoms with van der Waals surface area (Å²) in [6.07, 6.45) is 0.444.